The zero-order valence-electron chi connectivity index (χ0n) is 12.6. The van der Waals surface area contributed by atoms with Crippen molar-refractivity contribution in [2.24, 2.45) is 0 Å². The van der Waals surface area contributed by atoms with Crippen LogP contribution in [-0.4, -0.2) is 52.3 Å². The molecule has 1 aromatic heterocycles. The number of aromatic amines is 1. The van der Waals surface area contributed by atoms with E-state index in [0.717, 1.165) is 29.3 Å². The van der Waals surface area contributed by atoms with Gasteiger partial charge in [-0.2, -0.15) is 0 Å². The van der Waals surface area contributed by atoms with Crippen LogP contribution >= 0.6 is 0 Å². The highest BCUT2D eigenvalue weighted by atomic mass is 16.2. The number of nitrogens with zero attached hydrogens (tertiary/aromatic N) is 2. The summed E-state index contributed by atoms with van der Waals surface area (Å²) < 4.78 is 0. The Morgan fingerprint density at radius 1 is 1.23 bits per heavy atom. The van der Waals surface area contributed by atoms with Crippen LogP contribution in [0.2, 0.25) is 0 Å². The standard InChI is InChI=1S/C17H19N3O2/c1-11-2-3-12-9-15(18-14(12)8-11)17(22)19-6-7-20(13-4-5-13)16(21)10-19/h2-3,8-9,13,18H,4-7,10H2,1H3. The number of aryl methyl sites for hydroxylation is 1. The quantitative estimate of drug-likeness (QED) is 0.921. The minimum Gasteiger partial charge on any atom is -0.351 e. The summed E-state index contributed by atoms with van der Waals surface area (Å²) in [4.78, 5) is 31.5. The van der Waals surface area contributed by atoms with Crippen LogP contribution in [0.25, 0.3) is 10.9 Å². The molecule has 0 atom stereocenters. The number of piperazine rings is 1. The van der Waals surface area contributed by atoms with E-state index in [4.69, 9.17) is 0 Å². The Balaban J connectivity index is 1.54. The third kappa shape index (κ3) is 2.26. The number of carbonyl (C=O) groups excluding carboxylic acids is 2. The molecule has 5 nitrogen and oxygen atoms in total. The van der Waals surface area contributed by atoms with Crippen LogP contribution in [0, 0.1) is 6.92 Å². The Kier molecular flexibility index (Phi) is 2.96. The van der Waals surface area contributed by atoms with E-state index >= 15 is 0 Å². The van der Waals surface area contributed by atoms with Gasteiger partial charge in [-0.3, -0.25) is 9.59 Å². The third-order valence-corrected chi connectivity index (χ3v) is 4.54. The fraction of sp³-hybridized carbons (Fsp3) is 0.412. The lowest BCUT2D eigenvalue weighted by molar-refractivity contribution is -0.135. The molecule has 5 heteroatoms. The average Bonchev–Trinajstić information content (AvgIpc) is 3.25. The summed E-state index contributed by atoms with van der Waals surface area (Å²) >= 11 is 0. The van der Waals surface area contributed by atoms with Gasteiger partial charge in [0, 0.05) is 30.0 Å². The van der Waals surface area contributed by atoms with E-state index in [1.165, 1.54) is 0 Å². The number of nitrogens with one attached hydrogen (secondary N) is 1. The maximum Gasteiger partial charge on any atom is 0.270 e. The van der Waals surface area contributed by atoms with Crippen molar-refractivity contribution >= 4 is 22.7 Å². The molecule has 2 fully saturated rings. The van der Waals surface area contributed by atoms with Gasteiger partial charge in [-0.1, -0.05) is 12.1 Å². The number of aromatic nitrogens is 1. The SMILES string of the molecule is Cc1ccc2cc(C(=O)N3CCN(C4CC4)C(=O)C3)[nH]c2c1. The van der Waals surface area contributed by atoms with Gasteiger partial charge in [0.1, 0.15) is 12.2 Å². The van der Waals surface area contributed by atoms with Crippen molar-refractivity contribution in [2.45, 2.75) is 25.8 Å². The summed E-state index contributed by atoms with van der Waals surface area (Å²) in [6, 6.07) is 8.37. The number of benzene rings is 1. The summed E-state index contributed by atoms with van der Waals surface area (Å²) in [7, 11) is 0. The fourth-order valence-electron chi connectivity index (χ4n) is 3.16. The van der Waals surface area contributed by atoms with Gasteiger partial charge < -0.3 is 14.8 Å². The van der Waals surface area contributed by atoms with Gasteiger partial charge >= 0.3 is 0 Å². The number of amides is 2. The van der Waals surface area contributed by atoms with Crippen molar-refractivity contribution in [2.75, 3.05) is 19.6 Å². The first-order valence-electron chi connectivity index (χ1n) is 7.80. The monoisotopic (exact) mass is 297 g/mol. The van der Waals surface area contributed by atoms with Gasteiger partial charge in [-0.05, 0) is 37.5 Å². The summed E-state index contributed by atoms with van der Waals surface area (Å²) in [5.74, 6) is -0.00768. The van der Waals surface area contributed by atoms with Crippen LogP contribution in [0.1, 0.15) is 28.9 Å². The van der Waals surface area contributed by atoms with E-state index in [1.807, 2.05) is 36.1 Å². The third-order valence-electron chi connectivity index (χ3n) is 4.54. The minimum absolute atomic E-state index is 0.0778. The van der Waals surface area contributed by atoms with Gasteiger partial charge in [0.25, 0.3) is 5.91 Å². The summed E-state index contributed by atoms with van der Waals surface area (Å²) in [6.07, 6.45) is 2.22. The normalized spacial score (nSPS) is 19.0. The predicted octanol–water partition coefficient (Wildman–Crippen LogP) is 1.92. The number of hydrogen-bond acceptors (Lipinski definition) is 2. The molecule has 2 amide bonds. The lowest BCUT2D eigenvalue weighted by atomic mass is 10.2. The van der Waals surface area contributed by atoms with Crippen LogP contribution in [0.5, 0.6) is 0 Å². The van der Waals surface area contributed by atoms with Gasteiger partial charge in [-0.15, -0.1) is 0 Å². The summed E-state index contributed by atoms with van der Waals surface area (Å²) in [5.41, 5.74) is 2.68. The molecule has 2 aliphatic rings. The Morgan fingerprint density at radius 3 is 2.77 bits per heavy atom. The van der Waals surface area contributed by atoms with E-state index in [1.54, 1.807) is 4.90 Å². The lowest BCUT2D eigenvalue weighted by Crippen LogP contribution is -2.52. The first kappa shape index (κ1) is 13.4. The highest BCUT2D eigenvalue weighted by Crippen LogP contribution is 2.28. The molecular weight excluding hydrogens is 278 g/mol. The second-order valence-corrected chi connectivity index (χ2v) is 6.32. The van der Waals surface area contributed by atoms with Gasteiger partial charge in [-0.25, -0.2) is 0 Å². The predicted molar refractivity (Wildman–Crippen MR) is 83.7 cm³/mol. The second kappa shape index (κ2) is 4.87. The Hall–Kier alpha value is -2.30. The van der Waals surface area contributed by atoms with E-state index in [2.05, 4.69) is 4.98 Å². The summed E-state index contributed by atoms with van der Waals surface area (Å²) in [5, 5.41) is 1.02. The van der Waals surface area contributed by atoms with Crippen molar-refractivity contribution in [1.29, 1.82) is 0 Å². The van der Waals surface area contributed by atoms with E-state index < -0.39 is 0 Å². The van der Waals surface area contributed by atoms with Crippen LogP contribution in [0.3, 0.4) is 0 Å². The van der Waals surface area contributed by atoms with Crippen molar-refractivity contribution in [3.05, 3.63) is 35.5 Å². The Morgan fingerprint density at radius 2 is 2.05 bits per heavy atom. The molecule has 1 aliphatic heterocycles. The molecule has 0 unspecified atom stereocenters. The molecule has 0 radical (unpaired) electrons. The zero-order valence-corrected chi connectivity index (χ0v) is 12.6. The largest absolute Gasteiger partial charge is 0.351 e. The van der Waals surface area contributed by atoms with Crippen molar-refractivity contribution in [1.82, 2.24) is 14.8 Å². The first-order valence-corrected chi connectivity index (χ1v) is 7.80. The van der Waals surface area contributed by atoms with Gasteiger partial charge in [0.2, 0.25) is 5.91 Å². The number of hydrogen-bond donors (Lipinski definition) is 1. The highest BCUT2D eigenvalue weighted by molar-refractivity contribution is 6.00. The van der Waals surface area contributed by atoms with E-state index in [9.17, 15) is 9.59 Å². The van der Waals surface area contributed by atoms with Gasteiger partial charge in [0.15, 0.2) is 0 Å². The van der Waals surface area contributed by atoms with Gasteiger partial charge in [0.05, 0.1) is 0 Å². The molecule has 2 heterocycles. The van der Waals surface area contributed by atoms with Crippen molar-refractivity contribution in [3.8, 4) is 0 Å². The van der Waals surface area contributed by atoms with Crippen LogP contribution in [-0.2, 0) is 4.79 Å². The molecule has 1 aliphatic carbocycles. The zero-order chi connectivity index (χ0) is 15.3. The molecule has 0 spiro atoms. The lowest BCUT2D eigenvalue weighted by Gasteiger charge is -2.34. The average molecular weight is 297 g/mol. The first-order chi connectivity index (χ1) is 10.6. The molecule has 1 saturated heterocycles. The fourth-order valence-corrected chi connectivity index (χ4v) is 3.16. The van der Waals surface area contributed by atoms with E-state index in [-0.39, 0.29) is 18.4 Å². The van der Waals surface area contributed by atoms with Crippen LogP contribution in [0.4, 0.5) is 0 Å². The summed E-state index contributed by atoms with van der Waals surface area (Å²) in [6.45, 7) is 3.51. The molecular formula is C17H19N3O2. The molecule has 1 saturated carbocycles. The van der Waals surface area contributed by atoms with E-state index in [0.29, 0.717) is 24.8 Å². The molecule has 2 aromatic rings. The molecule has 114 valence electrons. The van der Waals surface area contributed by atoms with Crippen LogP contribution in [0.15, 0.2) is 24.3 Å². The van der Waals surface area contributed by atoms with Crippen LogP contribution < -0.4 is 0 Å². The number of rotatable bonds is 2. The molecule has 0 bridgehead atoms. The number of H-pyrrole nitrogens is 1. The van der Waals surface area contributed by atoms with Crippen molar-refractivity contribution in [3.63, 3.8) is 0 Å². The number of carbonyl (C=O) groups is 2. The number of fused-ring (bicyclic) bond motifs is 1. The second-order valence-electron chi connectivity index (χ2n) is 6.32. The smallest absolute Gasteiger partial charge is 0.270 e. The molecule has 4 rings (SSSR count). The molecule has 22 heavy (non-hydrogen) atoms. The highest BCUT2D eigenvalue weighted by Gasteiger charge is 2.37. The molecule has 1 aromatic carbocycles. The molecule has 1 N–H and O–H groups in total. The maximum absolute atomic E-state index is 12.6. The van der Waals surface area contributed by atoms with Crippen molar-refractivity contribution < 1.29 is 9.59 Å². The Labute approximate surface area is 128 Å². The maximum atomic E-state index is 12.6. The topological polar surface area (TPSA) is 56.4 Å². The minimum atomic E-state index is -0.0855. The Bertz CT molecular complexity index is 760.